The van der Waals surface area contributed by atoms with Crippen LogP contribution in [0.4, 0.5) is 14.6 Å². The molecule has 0 saturated carbocycles. The lowest BCUT2D eigenvalue weighted by Gasteiger charge is -2.30. The topological polar surface area (TPSA) is 240 Å². The number of aromatic amines is 1. The first-order valence-corrected chi connectivity index (χ1v) is 16.0. The van der Waals surface area contributed by atoms with Gasteiger partial charge in [-0.25, -0.2) is 28.5 Å². The SMILES string of the molecule is Nc1ncnc2c1ncn2[C@@H]1O[C@@H]2COP(O)(=S)O[C@H]3[C@@H](F)[C@H](n4ccc(=O)[nH]c4=O)O[C@@H]3COP(=O)([O-])O[C@@H]1[C@@H]2F. The van der Waals surface area contributed by atoms with Crippen molar-refractivity contribution in [2.45, 2.75) is 49.2 Å². The van der Waals surface area contributed by atoms with Gasteiger partial charge in [0.15, 0.2) is 36.3 Å². The molecule has 10 atom stereocenters. The Hall–Kier alpha value is -2.55. The van der Waals surface area contributed by atoms with Crippen LogP contribution in [-0.4, -0.2) is 83.9 Å². The van der Waals surface area contributed by atoms with Gasteiger partial charge in [-0.2, -0.15) is 0 Å². The second kappa shape index (κ2) is 10.9. The van der Waals surface area contributed by atoms with E-state index in [9.17, 15) is 23.9 Å². The average molecular weight is 654 g/mol. The van der Waals surface area contributed by atoms with Gasteiger partial charge in [0.05, 0.1) is 19.5 Å². The Balaban J connectivity index is 1.32. The molecule has 6 rings (SSSR count). The standard InChI is InChI=1S/C19H21F2N7O11P2S/c20-10-7-3-35-41(33,42)39-13-8(37-17(11(13)21)27-2-1-9(29)26-19(27)30)4-34-40(31,32)38-14(10)18(36-7)28-6-25-12-15(22)23-5-24-16(12)28/h1-2,5-8,10-11,13-14,17-18H,3-4H2,(H,31,32)(H,33,42)(H2,22,23,24)(H,26,29,30)/p-1/t7-,8-,10-,11-,13-,14-,17-,18-,41?/m1/s1. The number of nitrogens with two attached hydrogens (primary N) is 1. The van der Waals surface area contributed by atoms with Crippen LogP contribution in [0.15, 0.2) is 34.5 Å². The summed E-state index contributed by atoms with van der Waals surface area (Å²) in [7, 11) is -5.41. The number of hydrogen-bond donors (Lipinski definition) is 3. The van der Waals surface area contributed by atoms with Crippen LogP contribution in [0, 0.1) is 0 Å². The van der Waals surface area contributed by atoms with E-state index in [1.165, 1.54) is 4.57 Å². The van der Waals surface area contributed by atoms with Crippen LogP contribution < -0.4 is 21.9 Å². The number of fused-ring (bicyclic) bond motifs is 4. The molecule has 3 saturated heterocycles. The monoisotopic (exact) mass is 654 g/mol. The summed E-state index contributed by atoms with van der Waals surface area (Å²) in [5.41, 5.74) is 4.17. The summed E-state index contributed by atoms with van der Waals surface area (Å²) < 4.78 is 77.6. The molecule has 6 heterocycles. The molecular formula is C19H20F2N7O11P2S-. The number of ether oxygens (including phenoxy) is 2. The Morgan fingerprint density at radius 3 is 2.55 bits per heavy atom. The van der Waals surface area contributed by atoms with E-state index in [1.807, 2.05) is 4.98 Å². The summed E-state index contributed by atoms with van der Waals surface area (Å²) in [6, 6.07) is 0.922. The largest absolute Gasteiger partial charge is 0.756 e. The van der Waals surface area contributed by atoms with Gasteiger partial charge in [-0.05, 0) is 11.8 Å². The van der Waals surface area contributed by atoms with E-state index in [4.69, 9.17) is 45.1 Å². The molecule has 0 spiro atoms. The number of anilines is 1. The molecule has 2 unspecified atom stereocenters. The van der Waals surface area contributed by atoms with Crippen LogP contribution in [0.3, 0.4) is 0 Å². The first-order chi connectivity index (χ1) is 19.8. The van der Waals surface area contributed by atoms with Crippen LogP contribution in [0.2, 0.25) is 0 Å². The highest BCUT2D eigenvalue weighted by molar-refractivity contribution is 8.07. The number of H-pyrrole nitrogens is 1. The molecule has 0 aliphatic carbocycles. The van der Waals surface area contributed by atoms with E-state index in [0.717, 1.165) is 24.9 Å². The summed E-state index contributed by atoms with van der Waals surface area (Å²) in [6.07, 6.45) is -11.5. The molecule has 2 bridgehead atoms. The molecule has 3 aromatic rings. The summed E-state index contributed by atoms with van der Waals surface area (Å²) in [4.78, 5) is 61.1. The van der Waals surface area contributed by atoms with Crippen molar-refractivity contribution in [3.05, 3.63) is 45.8 Å². The zero-order chi connectivity index (χ0) is 30.0. The number of nitrogens with zero attached hydrogens (tertiary/aromatic N) is 5. The van der Waals surface area contributed by atoms with E-state index in [2.05, 4.69) is 15.0 Å². The van der Waals surface area contributed by atoms with Crippen molar-refractivity contribution in [2.24, 2.45) is 0 Å². The first kappa shape index (κ1) is 29.5. The molecule has 23 heteroatoms. The van der Waals surface area contributed by atoms with E-state index in [0.29, 0.717) is 4.57 Å². The van der Waals surface area contributed by atoms with Gasteiger partial charge in [-0.1, -0.05) is 0 Å². The molecule has 0 radical (unpaired) electrons. The minimum atomic E-state index is -5.41. The minimum Gasteiger partial charge on any atom is -0.756 e. The van der Waals surface area contributed by atoms with Crippen LogP contribution in [-0.2, 0) is 43.9 Å². The van der Waals surface area contributed by atoms with Crippen molar-refractivity contribution in [1.29, 1.82) is 0 Å². The highest BCUT2D eigenvalue weighted by Gasteiger charge is 2.53. The van der Waals surface area contributed by atoms with Crippen LogP contribution in [0.1, 0.15) is 12.5 Å². The molecule has 0 amide bonds. The van der Waals surface area contributed by atoms with E-state index >= 15 is 8.78 Å². The maximum atomic E-state index is 15.6. The maximum Gasteiger partial charge on any atom is 0.330 e. The molecule has 3 aliphatic heterocycles. The quantitative estimate of drug-likeness (QED) is 0.279. The lowest BCUT2D eigenvalue weighted by atomic mass is 10.1. The fraction of sp³-hybridized carbons (Fsp3) is 0.526. The van der Waals surface area contributed by atoms with Crippen molar-refractivity contribution in [2.75, 3.05) is 18.9 Å². The second-order valence-electron chi connectivity index (χ2n) is 9.27. The Labute approximate surface area is 237 Å². The number of rotatable bonds is 2. The van der Waals surface area contributed by atoms with Gasteiger partial charge in [0.25, 0.3) is 13.4 Å². The smallest absolute Gasteiger partial charge is 0.330 e. The van der Waals surface area contributed by atoms with Gasteiger partial charge >= 0.3 is 12.4 Å². The maximum absolute atomic E-state index is 15.6. The normalized spacial score (nSPS) is 39.3. The second-order valence-corrected chi connectivity index (χ2v) is 13.4. The van der Waals surface area contributed by atoms with Gasteiger partial charge in [0, 0.05) is 12.3 Å². The third-order valence-electron chi connectivity index (χ3n) is 6.62. The average Bonchev–Trinajstić information content (AvgIpc) is 3.57. The fourth-order valence-corrected chi connectivity index (χ4v) is 7.07. The number of halogens is 2. The molecule has 18 nitrogen and oxygen atoms in total. The summed E-state index contributed by atoms with van der Waals surface area (Å²) in [5.74, 6) is -0.0105. The van der Waals surface area contributed by atoms with Crippen molar-refractivity contribution >= 4 is 43.3 Å². The van der Waals surface area contributed by atoms with E-state index in [1.54, 1.807) is 0 Å². The highest BCUT2D eigenvalue weighted by Crippen LogP contribution is 2.53. The number of phosphoric acid groups is 1. The lowest BCUT2D eigenvalue weighted by Crippen LogP contribution is -2.36. The van der Waals surface area contributed by atoms with Gasteiger partial charge in [-0.3, -0.25) is 28.0 Å². The Bertz CT molecular complexity index is 1730. The van der Waals surface area contributed by atoms with Gasteiger partial charge in [0.2, 0.25) is 0 Å². The van der Waals surface area contributed by atoms with Gasteiger partial charge in [0.1, 0.15) is 36.3 Å². The lowest BCUT2D eigenvalue weighted by molar-refractivity contribution is -0.236. The van der Waals surface area contributed by atoms with Crippen molar-refractivity contribution in [1.82, 2.24) is 29.1 Å². The minimum absolute atomic E-state index is 0.0105. The number of nitrogen functional groups attached to an aromatic ring is 1. The number of hydrogen-bond acceptors (Lipinski definition) is 15. The molecule has 3 aliphatic rings. The van der Waals surface area contributed by atoms with Crippen LogP contribution in [0.25, 0.3) is 11.2 Å². The fourth-order valence-electron chi connectivity index (χ4n) is 4.72. The third kappa shape index (κ3) is 5.46. The zero-order valence-corrected chi connectivity index (χ0v) is 23.3. The summed E-state index contributed by atoms with van der Waals surface area (Å²) >= 11 is 4.99. The summed E-state index contributed by atoms with van der Waals surface area (Å²) in [5, 5.41) is 0. The Morgan fingerprint density at radius 1 is 1.05 bits per heavy atom. The predicted molar refractivity (Wildman–Crippen MR) is 134 cm³/mol. The number of nitrogens with one attached hydrogen (secondary N) is 1. The molecule has 4 N–H and O–H groups in total. The molecule has 3 fully saturated rings. The molecule has 3 aromatic heterocycles. The van der Waals surface area contributed by atoms with Crippen molar-refractivity contribution in [3.63, 3.8) is 0 Å². The number of aromatic nitrogens is 6. The van der Waals surface area contributed by atoms with Gasteiger partial charge < -0.3 is 38.6 Å². The van der Waals surface area contributed by atoms with E-state index < -0.39 is 88.2 Å². The molecule has 0 aromatic carbocycles. The third-order valence-corrected chi connectivity index (χ3v) is 9.15. The Kier molecular flexibility index (Phi) is 7.64. The summed E-state index contributed by atoms with van der Waals surface area (Å²) in [6.45, 7) is -6.15. The zero-order valence-electron chi connectivity index (χ0n) is 20.7. The van der Waals surface area contributed by atoms with Crippen molar-refractivity contribution in [3.8, 4) is 0 Å². The predicted octanol–water partition coefficient (Wildman–Crippen LogP) is -1.07. The van der Waals surface area contributed by atoms with Crippen LogP contribution >= 0.6 is 14.5 Å². The number of imidazole rings is 1. The first-order valence-electron chi connectivity index (χ1n) is 12.0. The number of phosphoric ester groups is 1. The molecule has 42 heavy (non-hydrogen) atoms. The number of alkyl halides is 2. The van der Waals surface area contributed by atoms with Crippen LogP contribution in [0.5, 0.6) is 0 Å². The Morgan fingerprint density at radius 2 is 1.79 bits per heavy atom. The van der Waals surface area contributed by atoms with Crippen molar-refractivity contribution < 1.29 is 50.7 Å². The molecule has 228 valence electrons. The highest BCUT2D eigenvalue weighted by atomic mass is 32.5. The van der Waals surface area contributed by atoms with E-state index in [-0.39, 0.29) is 17.0 Å². The van der Waals surface area contributed by atoms with Gasteiger partial charge in [-0.15, -0.1) is 0 Å². The molecular weight excluding hydrogens is 634 g/mol.